The average molecular weight is 316 g/mol. The summed E-state index contributed by atoms with van der Waals surface area (Å²) >= 11 is 1.56. The third kappa shape index (κ3) is 4.36. The molecule has 110 valence electrons. The van der Waals surface area contributed by atoms with Crippen molar-refractivity contribution in [2.24, 2.45) is 5.73 Å². The molecule has 0 amide bonds. The van der Waals surface area contributed by atoms with E-state index in [2.05, 4.69) is 15.1 Å². The predicted molar refractivity (Wildman–Crippen MR) is 75.2 cm³/mol. The first-order chi connectivity index (χ1) is 9.33. The van der Waals surface area contributed by atoms with E-state index in [1.54, 1.807) is 11.3 Å². The molecule has 2 aromatic rings. The highest BCUT2D eigenvalue weighted by Crippen LogP contribution is 2.15. The van der Waals surface area contributed by atoms with Gasteiger partial charge in [-0.2, -0.15) is 4.98 Å². The summed E-state index contributed by atoms with van der Waals surface area (Å²) in [6.45, 7) is 1.93. The van der Waals surface area contributed by atoms with Crippen molar-refractivity contribution in [3.05, 3.63) is 27.8 Å². The molecule has 1 unspecified atom stereocenters. The zero-order valence-electron chi connectivity index (χ0n) is 11.2. The second-order valence-electron chi connectivity index (χ2n) is 4.61. The third-order valence-corrected chi connectivity index (χ3v) is 4.41. The molecule has 0 aliphatic heterocycles. The second kappa shape index (κ2) is 5.98. The monoisotopic (exact) mass is 316 g/mol. The molecule has 2 heterocycles. The molecule has 0 fully saturated rings. The second-order valence-corrected chi connectivity index (χ2v) is 7.93. The first kappa shape index (κ1) is 15.1. The number of hydrogen-bond acceptors (Lipinski definition) is 8. The summed E-state index contributed by atoms with van der Waals surface area (Å²) in [7, 11) is -3.04. The molecule has 0 saturated heterocycles. The number of nitrogens with two attached hydrogens (primary N) is 1. The minimum absolute atomic E-state index is 0.00282. The largest absolute Gasteiger partial charge is 0.338 e. The van der Waals surface area contributed by atoms with Gasteiger partial charge in [0, 0.05) is 11.6 Å². The van der Waals surface area contributed by atoms with Crippen molar-refractivity contribution in [2.75, 3.05) is 12.0 Å². The number of sulfone groups is 1. The Balaban J connectivity index is 1.97. The van der Waals surface area contributed by atoms with Crippen molar-refractivity contribution in [3.63, 3.8) is 0 Å². The van der Waals surface area contributed by atoms with Gasteiger partial charge in [0.15, 0.2) is 5.82 Å². The van der Waals surface area contributed by atoms with E-state index in [-0.39, 0.29) is 18.1 Å². The van der Waals surface area contributed by atoms with Crippen LogP contribution in [0.4, 0.5) is 0 Å². The fourth-order valence-electron chi connectivity index (χ4n) is 1.61. The highest BCUT2D eigenvalue weighted by atomic mass is 32.2. The van der Waals surface area contributed by atoms with Crippen LogP contribution in [0.5, 0.6) is 0 Å². The molecule has 0 radical (unpaired) electrons. The van der Waals surface area contributed by atoms with Crippen molar-refractivity contribution in [1.82, 2.24) is 15.1 Å². The summed E-state index contributed by atoms with van der Waals surface area (Å²) in [6.07, 6.45) is 1.91. The maximum atomic E-state index is 11.1. The molecule has 0 aliphatic carbocycles. The van der Waals surface area contributed by atoms with Crippen LogP contribution >= 0.6 is 11.3 Å². The molecular formula is C11H16N4O3S2. The zero-order chi connectivity index (χ0) is 14.8. The number of nitrogens with zero attached hydrogens (tertiary/aromatic N) is 3. The molecule has 0 aromatic carbocycles. The lowest BCUT2D eigenvalue weighted by Gasteiger charge is -2.04. The zero-order valence-corrected chi connectivity index (χ0v) is 12.9. The van der Waals surface area contributed by atoms with Crippen LogP contribution in [0.3, 0.4) is 0 Å². The van der Waals surface area contributed by atoms with Gasteiger partial charge >= 0.3 is 0 Å². The van der Waals surface area contributed by atoms with E-state index in [0.717, 1.165) is 10.7 Å². The maximum Gasteiger partial charge on any atom is 0.243 e. The molecule has 0 aliphatic rings. The Hall–Kier alpha value is -1.32. The Bertz CT molecular complexity index is 677. The summed E-state index contributed by atoms with van der Waals surface area (Å²) in [5, 5.41) is 6.75. The van der Waals surface area contributed by atoms with Crippen LogP contribution in [0.1, 0.15) is 34.9 Å². The van der Waals surface area contributed by atoms with Gasteiger partial charge in [0.05, 0.1) is 28.9 Å². The number of aromatic nitrogens is 3. The van der Waals surface area contributed by atoms with Crippen LogP contribution in [0, 0.1) is 6.92 Å². The smallest absolute Gasteiger partial charge is 0.243 e. The van der Waals surface area contributed by atoms with Crippen LogP contribution in [0.15, 0.2) is 9.90 Å². The Morgan fingerprint density at radius 3 is 2.80 bits per heavy atom. The van der Waals surface area contributed by atoms with Gasteiger partial charge in [-0.15, -0.1) is 11.3 Å². The molecule has 2 N–H and O–H groups in total. The average Bonchev–Trinajstić information content (AvgIpc) is 2.95. The quantitative estimate of drug-likeness (QED) is 0.841. The minimum atomic E-state index is -3.04. The fraction of sp³-hybridized carbons (Fsp3) is 0.545. The van der Waals surface area contributed by atoms with Crippen molar-refractivity contribution < 1.29 is 12.9 Å². The van der Waals surface area contributed by atoms with Crippen LogP contribution in [0.2, 0.25) is 0 Å². The van der Waals surface area contributed by atoms with Crippen molar-refractivity contribution in [2.45, 2.75) is 25.8 Å². The molecule has 0 saturated carbocycles. The molecule has 9 heteroatoms. The number of aryl methyl sites for hydroxylation is 1. The number of rotatable bonds is 6. The lowest BCUT2D eigenvalue weighted by Crippen LogP contribution is -2.16. The fourth-order valence-corrected chi connectivity index (χ4v) is 2.90. The van der Waals surface area contributed by atoms with Gasteiger partial charge in [-0.05, 0) is 13.3 Å². The van der Waals surface area contributed by atoms with Gasteiger partial charge in [0.25, 0.3) is 0 Å². The summed E-state index contributed by atoms with van der Waals surface area (Å²) in [5.41, 5.74) is 6.72. The van der Waals surface area contributed by atoms with E-state index in [9.17, 15) is 8.42 Å². The van der Waals surface area contributed by atoms with E-state index < -0.39 is 15.9 Å². The Morgan fingerprint density at radius 1 is 1.45 bits per heavy atom. The predicted octanol–water partition coefficient (Wildman–Crippen LogP) is 0.860. The van der Waals surface area contributed by atoms with Gasteiger partial charge in [-0.25, -0.2) is 13.4 Å². The SMILES string of the molecule is Cc1nc(Cc2noc(C(N)CCS(C)(=O)=O)n2)cs1. The van der Waals surface area contributed by atoms with E-state index in [4.69, 9.17) is 10.3 Å². The first-order valence-corrected chi connectivity index (χ1v) is 8.94. The summed E-state index contributed by atoms with van der Waals surface area (Å²) in [5.74, 6) is 0.757. The normalized spacial score (nSPS) is 13.6. The highest BCUT2D eigenvalue weighted by molar-refractivity contribution is 7.90. The van der Waals surface area contributed by atoms with E-state index in [1.165, 1.54) is 6.26 Å². The van der Waals surface area contributed by atoms with Crippen molar-refractivity contribution >= 4 is 21.2 Å². The summed E-state index contributed by atoms with van der Waals surface area (Å²) in [4.78, 5) is 8.50. The van der Waals surface area contributed by atoms with E-state index in [0.29, 0.717) is 12.2 Å². The summed E-state index contributed by atoms with van der Waals surface area (Å²) < 4.78 is 27.2. The third-order valence-electron chi connectivity index (χ3n) is 2.61. The Morgan fingerprint density at radius 2 is 2.20 bits per heavy atom. The van der Waals surface area contributed by atoms with Crippen molar-refractivity contribution in [1.29, 1.82) is 0 Å². The number of thiazole rings is 1. The van der Waals surface area contributed by atoms with E-state index >= 15 is 0 Å². The molecule has 7 nitrogen and oxygen atoms in total. The first-order valence-electron chi connectivity index (χ1n) is 6.00. The number of hydrogen-bond donors (Lipinski definition) is 1. The topological polar surface area (TPSA) is 112 Å². The van der Waals surface area contributed by atoms with Crippen LogP contribution in [-0.2, 0) is 16.3 Å². The molecule has 20 heavy (non-hydrogen) atoms. The molecule has 2 rings (SSSR count). The van der Waals surface area contributed by atoms with E-state index in [1.807, 2.05) is 12.3 Å². The minimum Gasteiger partial charge on any atom is -0.338 e. The Labute approximate surface area is 121 Å². The van der Waals surface area contributed by atoms with Gasteiger partial charge < -0.3 is 10.3 Å². The molecule has 2 aromatic heterocycles. The maximum absolute atomic E-state index is 11.1. The molecule has 0 bridgehead atoms. The van der Waals surface area contributed by atoms with Gasteiger partial charge in [0.1, 0.15) is 9.84 Å². The van der Waals surface area contributed by atoms with Crippen LogP contribution in [-0.4, -0.2) is 35.6 Å². The Kier molecular flexibility index (Phi) is 4.51. The highest BCUT2D eigenvalue weighted by Gasteiger charge is 2.17. The lowest BCUT2D eigenvalue weighted by atomic mass is 10.2. The van der Waals surface area contributed by atoms with Crippen LogP contribution in [0.25, 0.3) is 0 Å². The van der Waals surface area contributed by atoms with Gasteiger partial charge in [-0.1, -0.05) is 5.16 Å². The van der Waals surface area contributed by atoms with Crippen molar-refractivity contribution in [3.8, 4) is 0 Å². The lowest BCUT2D eigenvalue weighted by molar-refractivity contribution is 0.349. The standard InChI is InChI=1S/C11H16N4O3S2/c1-7-13-8(6-19-7)5-10-14-11(18-15-10)9(12)3-4-20(2,16)17/h6,9H,3-5,12H2,1-2H3. The van der Waals surface area contributed by atoms with Crippen LogP contribution < -0.4 is 5.73 Å². The summed E-state index contributed by atoms with van der Waals surface area (Å²) in [6, 6.07) is -0.567. The molecule has 0 spiro atoms. The molecule has 1 atom stereocenters. The molecular weight excluding hydrogens is 300 g/mol. The van der Waals surface area contributed by atoms with Gasteiger partial charge in [0.2, 0.25) is 5.89 Å². The van der Waals surface area contributed by atoms with Gasteiger partial charge in [-0.3, -0.25) is 0 Å².